The van der Waals surface area contributed by atoms with E-state index in [9.17, 15) is 9.59 Å². The predicted molar refractivity (Wildman–Crippen MR) is 123 cm³/mol. The third-order valence-electron chi connectivity index (χ3n) is 5.31. The van der Waals surface area contributed by atoms with E-state index in [0.717, 1.165) is 44.0 Å². The van der Waals surface area contributed by atoms with Crippen LogP contribution in [-0.4, -0.2) is 42.9 Å². The SMILES string of the molecule is CC(C)(C)CC(=O)N1CCN(c2ccc(NC(=O)CCc3ccccc3)cc2)CC1. The van der Waals surface area contributed by atoms with Crippen LogP contribution in [0.3, 0.4) is 0 Å². The lowest BCUT2D eigenvalue weighted by molar-refractivity contribution is -0.133. The molecular formula is C25H33N3O2. The molecule has 0 atom stereocenters. The van der Waals surface area contributed by atoms with Crippen molar-refractivity contribution in [1.82, 2.24) is 4.90 Å². The number of benzene rings is 2. The number of aryl methyl sites for hydroxylation is 1. The zero-order valence-corrected chi connectivity index (χ0v) is 18.4. The zero-order chi connectivity index (χ0) is 21.6. The Balaban J connectivity index is 1.45. The van der Waals surface area contributed by atoms with Gasteiger partial charge in [-0.05, 0) is 41.7 Å². The average molecular weight is 408 g/mol. The number of nitrogens with one attached hydrogen (secondary N) is 1. The first-order valence-electron chi connectivity index (χ1n) is 10.8. The van der Waals surface area contributed by atoms with Crippen LogP contribution in [0.2, 0.25) is 0 Å². The molecule has 1 saturated heterocycles. The average Bonchev–Trinajstić information content (AvgIpc) is 2.72. The number of nitrogens with zero attached hydrogens (tertiary/aromatic N) is 2. The first-order chi connectivity index (χ1) is 14.3. The fourth-order valence-electron chi connectivity index (χ4n) is 3.66. The van der Waals surface area contributed by atoms with E-state index in [4.69, 9.17) is 0 Å². The maximum absolute atomic E-state index is 12.4. The molecule has 0 radical (unpaired) electrons. The zero-order valence-electron chi connectivity index (χ0n) is 18.4. The molecule has 5 nitrogen and oxygen atoms in total. The van der Waals surface area contributed by atoms with Crippen LogP contribution >= 0.6 is 0 Å². The normalized spacial score (nSPS) is 14.5. The summed E-state index contributed by atoms with van der Waals surface area (Å²) in [5, 5.41) is 2.98. The first-order valence-corrected chi connectivity index (χ1v) is 10.8. The van der Waals surface area contributed by atoms with E-state index < -0.39 is 0 Å². The fourth-order valence-corrected chi connectivity index (χ4v) is 3.66. The van der Waals surface area contributed by atoms with E-state index in [1.165, 1.54) is 5.56 Å². The summed E-state index contributed by atoms with van der Waals surface area (Å²) in [4.78, 5) is 28.9. The standard InChI is InChI=1S/C25H33N3O2/c1-25(2,3)19-24(30)28-17-15-27(16-18-28)22-12-10-21(11-13-22)26-23(29)14-9-20-7-5-4-6-8-20/h4-8,10-13H,9,14-19H2,1-3H3,(H,26,29). The molecule has 2 aromatic carbocycles. The molecule has 1 fully saturated rings. The summed E-state index contributed by atoms with van der Waals surface area (Å²) in [6.45, 7) is 9.48. The minimum absolute atomic E-state index is 0.0234. The van der Waals surface area contributed by atoms with Gasteiger partial charge in [0.25, 0.3) is 0 Å². The quantitative estimate of drug-likeness (QED) is 0.775. The highest BCUT2D eigenvalue weighted by molar-refractivity contribution is 5.91. The van der Waals surface area contributed by atoms with Crippen LogP contribution in [-0.2, 0) is 16.0 Å². The third kappa shape index (κ3) is 6.61. The Labute approximate surface area is 180 Å². The summed E-state index contributed by atoms with van der Waals surface area (Å²) in [7, 11) is 0. The minimum atomic E-state index is 0.0234. The molecule has 1 N–H and O–H groups in total. The maximum atomic E-state index is 12.4. The third-order valence-corrected chi connectivity index (χ3v) is 5.31. The molecule has 1 heterocycles. The van der Waals surface area contributed by atoms with E-state index in [0.29, 0.717) is 12.8 Å². The van der Waals surface area contributed by atoms with E-state index >= 15 is 0 Å². The lowest BCUT2D eigenvalue weighted by Gasteiger charge is -2.37. The molecule has 1 aliphatic rings. The summed E-state index contributed by atoms with van der Waals surface area (Å²) >= 11 is 0. The molecule has 0 bridgehead atoms. The van der Waals surface area contributed by atoms with Gasteiger partial charge in [-0.25, -0.2) is 0 Å². The molecule has 3 rings (SSSR count). The summed E-state index contributed by atoms with van der Waals surface area (Å²) in [5.74, 6) is 0.272. The molecule has 5 heteroatoms. The predicted octanol–water partition coefficient (Wildman–Crippen LogP) is 4.34. The van der Waals surface area contributed by atoms with Crippen molar-refractivity contribution < 1.29 is 9.59 Å². The summed E-state index contributed by atoms with van der Waals surface area (Å²) < 4.78 is 0. The Kier molecular flexibility index (Phi) is 7.14. The van der Waals surface area contributed by atoms with Crippen molar-refractivity contribution in [3.8, 4) is 0 Å². The van der Waals surface area contributed by atoms with Gasteiger partial charge in [0.05, 0.1) is 0 Å². The van der Waals surface area contributed by atoms with Crippen molar-refractivity contribution in [3.63, 3.8) is 0 Å². The van der Waals surface area contributed by atoms with Crippen LogP contribution in [0.1, 0.15) is 39.2 Å². The molecular weight excluding hydrogens is 374 g/mol. The van der Waals surface area contributed by atoms with Gasteiger partial charge in [0.15, 0.2) is 0 Å². The Morgan fingerprint density at radius 1 is 0.900 bits per heavy atom. The largest absolute Gasteiger partial charge is 0.368 e. The number of anilines is 2. The van der Waals surface area contributed by atoms with E-state index in [2.05, 4.69) is 31.0 Å². The summed E-state index contributed by atoms with van der Waals surface area (Å²) in [6, 6.07) is 18.0. The number of rotatable bonds is 6. The number of piperazine rings is 1. The summed E-state index contributed by atoms with van der Waals surface area (Å²) in [6.07, 6.45) is 1.80. The van der Waals surface area contributed by atoms with Gasteiger partial charge in [-0.1, -0.05) is 51.1 Å². The monoisotopic (exact) mass is 407 g/mol. The van der Waals surface area contributed by atoms with Gasteiger partial charge in [0.1, 0.15) is 0 Å². The number of hydrogen-bond donors (Lipinski definition) is 1. The molecule has 0 spiro atoms. The molecule has 0 saturated carbocycles. The highest BCUT2D eigenvalue weighted by Crippen LogP contribution is 2.23. The number of carbonyl (C=O) groups is 2. The van der Waals surface area contributed by atoms with Gasteiger partial charge in [0.2, 0.25) is 11.8 Å². The van der Waals surface area contributed by atoms with Gasteiger partial charge in [-0.3, -0.25) is 9.59 Å². The van der Waals surface area contributed by atoms with Crippen LogP contribution in [0.4, 0.5) is 11.4 Å². The highest BCUT2D eigenvalue weighted by Gasteiger charge is 2.24. The van der Waals surface area contributed by atoms with Crippen LogP contribution in [0.15, 0.2) is 54.6 Å². The Hall–Kier alpha value is -2.82. The van der Waals surface area contributed by atoms with Crippen molar-refractivity contribution in [2.24, 2.45) is 5.41 Å². The summed E-state index contributed by atoms with van der Waals surface area (Å²) in [5.41, 5.74) is 3.13. The van der Waals surface area contributed by atoms with Gasteiger partial charge in [-0.15, -0.1) is 0 Å². The van der Waals surface area contributed by atoms with Crippen molar-refractivity contribution >= 4 is 23.2 Å². The van der Waals surface area contributed by atoms with Gasteiger partial charge < -0.3 is 15.1 Å². The van der Waals surface area contributed by atoms with Crippen LogP contribution in [0, 0.1) is 5.41 Å². The molecule has 0 aromatic heterocycles. The van der Waals surface area contributed by atoms with Crippen molar-refractivity contribution in [3.05, 3.63) is 60.2 Å². The smallest absolute Gasteiger partial charge is 0.224 e. The second-order valence-corrected chi connectivity index (χ2v) is 9.19. The number of carbonyl (C=O) groups excluding carboxylic acids is 2. The van der Waals surface area contributed by atoms with Crippen LogP contribution in [0.25, 0.3) is 0 Å². The topological polar surface area (TPSA) is 52.7 Å². The Morgan fingerprint density at radius 3 is 2.13 bits per heavy atom. The van der Waals surface area contributed by atoms with E-state index in [1.54, 1.807) is 0 Å². The van der Waals surface area contributed by atoms with Gasteiger partial charge in [0, 0.05) is 50.4 Å². The first kappa shape index (κ1) is 21.9. The van der Waals surface area contributed by atoms with Gasteiger partial charge in [-0.2, -0.15) is 0 Å². The van der Waals surface area contributed by atoms with E-state index in [1.807, 2.05) is 59.5 Å². The van der Waals surface area contributed by atoms with Crippen LogP contribution < -0.4 is 10.2 Å². The Morgan fingerprint density at radius 2 is 1.53 bits per heavy atom. The maximum Gasteiger partial charge on any atom is 0.224 e. The Bertz CT molecular complexity index is 833. The lowest BCUT2D eigenvalue weighted by Crippen LogP contribution is -2.49. The minimum Gasteiger partial charge on any atom is -0.368 e. The molecule has 0 aliphatic carbocycles. The highest BCUT2D eigenvalue weighted by atomic mass is 16.2. The molecule has 0 unspecified atom stereocenters. The lowest BCUT2D eigenvalue weighted by atomic mass is 9.91. The fraction of sp³-hybridized carbons (Fsp3) is 0.440. The van der Waals surface area contributed by atoms with Crippen molar-refractivity contribution in [2.75, 3.05) is 36.4 Å². The number of hydrogen-bond acceptors (Lipinski definition) is 3. The van der Waals surface area contributed by atoms with Crippen molar-refractivity contribution in [1.29, 1.82) is 0 Å². The second-order valence-electron chi connectivity index (χ2n) is 9.19. The number of amides is 2. The van der Waals surface area contributed by atoms with E-state index in [-0.39, 0.29) is 17.2 Å². The molecule has 1 aliphatic heterocycles. The molecule has 2 aromatic rings. The molecule has 2 amide bonds. The second kappa shape index (κ2) is 9.79. The molecule has 30 heavy (non-hydrogen) atoms. The molecule has 160 valence electrons. The van der Waals surface area contributed by atoms with Crippen LogP contribution in [0.5, 0.6) is 0 Å². The van der Waals surface area contributed by atoms with Crippen molar-refractivity contribution in [2.45, 2.75) is 40.0 Å². The van der Waals surface area contributed by atoms with Gasteiger partial charge >= 0.3 is 0 Å².